The van der Waals surface area contributed by atoms with Crippen molar-refractivity contribution in [3.05, 3.63) is 82.4 Å². The third-order valence-electron chi connectivity index (χ3n) is 5.46. The Hall–Kier alpha value is -2.68. The first-order valence-corrected chi connectivity index (χ1v) is 10.8. The molecule has 0 atom stereocenters. The molecule has 0 fully saturated rings. The van der Waals surface area contributed by atoms with Gasteiger partial charge in [-0.15, -0.1) is 0 Å². The van der Waals surface area contributed by atoms with Crippen LogP contribution in [0.3, 0.4) is 0 Å². The third-order valence-corrected chi connectivity index (χ3v) is 5.46. The molecule has 0 spiro atoms. The molecule has 3 rings (SSSR count). The molecule has 1 heterocycles. The third kappa shape index (κ3) is 4.67. The predicted molar refractivity (Wildman–Crippen MR) is 125 cm³/mol. The van der Waals surface area contributed by atoms with Crippen LogP contribution in [-0.2, 0) is 6.42 Å². The maximum atomic E-state index is 5.08. The summed E-state index contributed by atoms with van der Waals surface area (Å²) in [6.45, 7) is 11.6. The van der Waals surface area contributed by atoms with Crippen molar-refractivity contribution in [2.75, 3.05) is 6.54 Å². The van der Waals surface area contributed by atoms with Crippen molar-refractivity contribution in [2.45, 2.75) is 59.9 Å². The summed E-state index contributed by atoms with van der Waals surface area (Å²) in [5, 5.41) is 7.24. The van der Waals surface area contributed by atoms with Crippen LogP contribution in [0.2, 0.25) is 0 Å². The van der Waals surface area contributed by atoms with E-state index in [4.69, 9.17) is 10.1 Å². The zero-order valence-corrected chi connectivity index (χ0v) is 18.4. The van der Waals surface area contributed by atoms with E-state index in [2.05, 4.69) is 94.2 Å². The summed E-state index contributed by atoms with van der Waals surface area (Å²) in [5.41, 5.74) is 7.32. The molecular formula is C26H33N3. The Morgan fingerprint density at radius 2 is 1.52 bits per heavy atom. The number of hydrogen-bond acceptors (Lipinski definition) is 2. The van der Waals surface area contributed by atoms with Gasteiger partial charge in [0.25, 0.3) is 0 Å². The summed E-state index contributed by atoms with van der Waals surface area (Å²) in [4.78, 5) is 4.84. The Bertz CT molecular complexity index is 897. The van der Waals surface area contributed by atoms with Gasteiger partial charge >= 0.3 is 0 Å². The summed E-state index contributed by atoms with van der Waals surface area (Å²) in [6, 6.07) is 19.9. The second-order valence-corrected chi connectivity index (χ2v) is 7.80. The molecule has 2 aromatic carbocycles. The fourth-order valence-electron chi connectivity index (χ4n) is 3.89. The van der Waals surface area contributed by atoms with E-state index in [-0.39, 0.29) is 0 Å². The van der Waals surface area contributed by atoms with Gasteiger partial charge in [-0.2, -0.15) is 5.10 Å². The lowest BCUT2D eigenvalue weighted by molar-refractivity contribution is 0.313. The fraction of sp³-hybridized carbons (Fsp3) is 0.385. The van der Waals surface area contributed by atoms with Gasteiger partial charge in [0.1, 0.15) is 5.71 Å². The Balaban J connectivity index is 1.95. The van der Waals surface area contributed by atoms with E-state index in [0.717, 1.165) is 42.9 Å². The van der Waals surface area contributed by atoms with Crippen LogP contribution >= 0.6 is 0 Å². The average molecular weight is 388 g/mol. The van der Waals surface area contributed by atoms with Crippen LogP contribution in [0, 0.1) is 0 Å². The maximum absolute atomic E-state index is 5.08. The van der Waals surface area contributed by atoms with Crippen LogP contribution in [0.1, 0.15) is 64.2 Å². The maximum Gasteiger partial charge on any atom is 0.153 e. The smallest absolute Gasteiger partial charge is 0.153 e. The van der Waals surface area contributed by atoms with Gasteiger partial charge in [0, 0.05) is 17.7 Å². The molecule has 0 saturated heterocycles. The van der Waals surface area contributed by atoms with Crippen molar-refractivity contribution in [1.82, 2.24) is 5.01 Å². The highest BCUT2D eigenvalue weighted by Crippen LogP contribution is 2.28. The summed E-state index contributed by atoms with van der Waals surface area (Å²) >= 11 is 0. The van der Waals surface area contributed by atoms with Gasteiger partial charge in [-0.25, -0.2) is 5.01 Å². The number of hydrazone groups is 1. The van der Waals surface area contributed by atoms with Gasteiger partial charge in [-0.3, -0.25) is 4.99 Å². The van der Waals surface area contributed by atoms with E-state index in [1.54, 1.807) is 0 Å². The molecule has 1 aliphatic rings. The van der Waals surface area contributed by atoms with E-state index < -0.39 is 0 Å². The Morgan fingerprint density at radius 3 is 2.07 bits per heavy atom. The number of amidine groups is 1. The van der Waals surface area contributed by atoms with Crippen LogP contribution in [-0.4, -0.2) is 29.1 Å². The molecule has 0 saturated carbocycles. The monoisotopic (exact) mass is 387 g/mol. The van der Waals surface area contributed by atoms with Gasteiger partial charge in [0.05, 0.1) is 6.04 Å². The molecule has 1 aliphatic heterocycles. The van der Waals surface area contributed by atoms with Crippen molar-refractivity contribution in [2.24, 2.45) is 10.1 Å². The largest absolute Gasteiger partial charge is 0.267 e. The molecule has 0 N–H and O–H groups in total. The van der Waals surface area contributed by atoms with Crippen molar-refractivity contribution in [1.29, 1.82) is 0 Å². The van der Waals surface area contributed by atoms with E-state index in [0.29, 0.717) is 6.04 Å². The van der Waals surface area contributed by atoms with E-state index >= 15 is 0 Å². The van der Waals surface area contributed by atoms with Gasteiger partial charge < -0.3 is 0 Å². The zero-order valence-electron chi connectivity index (χ0n) is 18.4. The molecule has 0 aliphatic carbocycles. The fourth-order valence-corrected chi connectivity index (χ4v) is 3.89. The number of hydrogen-bond donors (Lipinski definition) is 0. The number of aliphatic imine (C=N–C) groups is 1. The number of rotatable bonds is 7. The lowest BCUT2D eigenvalue weighted by Crippen LogP contribution is -2.33. The first kappa shape index (κ1) is 21.0. The quantitative estimate of drug-likeness (QED) is 0.552. The molecule has 0 radical (unpaired) electrons. The lowest BCUT2D eigenvalue weighted by Gasteiger charge is -2.24. The molecule has 3 heteroatoms. The molecule has 3 nitrogen and oxygen atoms in total. The van der Waals surface area contributed by atoms with E-state index in [9.17, 15) is 0 Å². The van der Waals surface area contributed by atoms with Crippen molar-refractivity contribution in [3.8, 4) is 0 Å². The normalized spacial score (nSPS) is 15.4. The van der Waals surface area contributed by atoms with Crippen molar-refractivity contribution >= 4 is 11.5 Å². The first-order chi connectivity index (χ1) is 14.1. The second kappa shape index (κ2) is 9.69. The summed E-state index contributed by atoms with van der Waals surface area (Å²) in [5.74, 6) is 1.03. The minimum absolute atomic E-state index is 0.379. The van der Waals surface area contributed by atoms with E-state index in [1.165, 1.54) is 22.3 Å². The Kier molecular flexibility index (Phi) is 7.03. The summed E-state index contributed by atoms with van der Waals surface area (Å²) < 4.78 is 0. The highest BCUT2D eigenvalue weighted by molar-refractivity contribution is 6.32. The van der Waals surface area contributed by atoms with Crippen LogP contribution < -0.4 is 0 Å². The van der Waals surface area contributed by atoms with Crippen LogP contribution in [0.5, 0.6) is 0 Å². The zero-order chi connectivity index (χ0) is 20.8. The standard InChI is InChI=1S/C26H33N3/c1-6-23(7-2)29-26(27-8-3)24(19(4)5)25(28-29)22-16-14-21(15-17-22)18-20-12-10-9-11-13-20/h9-17,23H,6-8,18H2,1-5H3. The molecule has 0 bridgehead atoms. The number of nitrogens with zero attached hydrogens (tertiary/aromatic N) is 3. The Labute approximate surface area is 175 Å². The summed E-state index contributed by atoms with van der Waals surface area (Å²) in [7, 11) is 0. The average Bonchev–Trinajstić information content (AvgIpc) is 3.10. The highest BCUT2D eigenvalue weighted by atomic mass is 15.5. The molecule has 0 unspecified atom stereocenters. The van der Waals surface area contributed by atoms with Crippen molar-refractivity contribution < 1.29 is 0 Å². The molecule has 0 amide bonds. The molecule has 29 heavy (non-hydrogen) atoms. The highest BCUT2D eigenvalue weighted by Gasteiger charge is 2.32. The predicted octanol–water partition coefficient (Wildman–Crippen LogP) is 6.24. The first-order valence-electron chi connectivity index (χ1n) is 10.8. The number of benzene rings is 2. The van der Waals surface area contributed by atoms with Gasteiger partial charge in [-0.1, -0.05) is 74.0 Å². The topological polar surface area (TPSA) is 28.0 Å². The van der Waals surface area contributed by atoms with Crippen molar-refractivity contribution in [3.63, 3.8) is 0 Å². The minimum Gasteiger partial charge on any atom is -0.267 e. The van der Waals surface area contributed by atoms with Gasteiger partial charge in [-0.05, 0) is 51.2 Å². The van der Waals surface area contributed by atoms with Crippen LogP contribution in [0.4, 0.5) is 0 Å². The Morgan fingerprint density at radius 1 is 0.897 bits per heavy atom. The molecular weight excluding hydrogens is 354 g/mol. The van der Waals surface area contributed by atoms with E-state index in [1.807, 2.05) is 0 Å². The molecule has 152 valence electrons. The molecule has 2 aromatic rings. The lowest BCUT2D eigenvalue weighted by atomic mass is 9.96. The van der Waals surface area contributed by atoms with Gasteiger partial charge in [0.2, 0.25) is 0 Å². The molecule has 0 aromatic heterocycles. The van der Waals surface area contributed by atoms with Gasteiger partial charge in [0.15, 0.2) is 5.84 Å². The van der Waals surface area contributed by atoms with Crippen LogP contribution in [0.15, 0.2) is 75.8 Å². The second-order valence-electron chi connectivity index (χ2n) is 7.80. The minimum atomic E-state index is 0.379. The van der Waals surface area contributed by atoms with Crippen LogP contribution in [0.25, 0.3) is 0 Å². The number of allylic oxidation sites excluding steroid dienone is 1. The summed E-state index contributed by atoms with van der Waals surface area (Å²) in [6.07, 6.45) is 3.07. The SMILES string of the molecule is CCN=C1C(=C(C)C)C(c2ccc(Cc3ccccc3)cc2)=NN1C(CC)CC.